The number of nitrogens with two attached hydrogens (primary N) is 1. The first-order valence-corrected chi connectivity index (χ1v) is 8.30. The van der Waals surface area contributed by atoms with Gasteiger partial charge in [-0.25, -0.2) is 0 Å². The molecule has 5 heteroatoms. The maximum atomic E-state index is 12.0. The molecule has 1 rings (SSSR count). The summed E-state index contributed by atoms with van der Waals surface area (Å²) in [4.78, 5) is 14.5. The van der Waals surface area contributed by atoms with Crippen molar-refractivity contribution in [2.45, 2.75) is 70.5 Å². The van der Waals surface area contributed by atoms with Crippen LogP contribution < -0.4 is 11.1 Å². The molecule has 1 aliphatic rings. The number of ether oxygens (including phenoxy) is 1. The molecule has 0 bridgehead atoms. The number of amides is 1. The summed E-state index contributed by atoms with van der Waals surface area (Å²) in [6, 6.07) is 0.894. The Morgan fingerprint density at radius 3 is 2.76 bits per heavy atom. The normalized spacial score (nSPS) is 27.8. The van der Waals surface area contributed by atoms with Crippen LogP contribution in [0.3, 0.4) is 0 Å². The van der Waals surface area contributed by atoms with Crippen molar-refractivity contribution >= 4 is 5.91 Å². The Morgan fingerprint density at radius 2 is 2.24 bits per heavy atom. The van der Waals surface area contributed by atoms with Crippen molar-refractivity contribution in [3.8, 4) is 0 Å². The monoisotopic (exact) mass is 299 g/mol. The summed E-state index contributed by atoms with van der Waals surface area (Å²) < 4.78 is 5.26. The lowest BCUT2D eigenvalue weighted by Gasteiger charge is -2.45. The second-order valence-electron chi connectivity index (χ2n) is 6.21. The molecule has 21 heavy (non-hydrogen) atoms. The molecule has 1 amide bonds. The van der Waals surface area contributed by atoms with E-state index in [9.17, 15) is 4.79 Å². The summed E-state index contributed by atoms with van der Waals surface area (Å²) in [6.07, 6.45) is 4.94. The van der Waals surface area contributed by atoms with Crippen molar-refractivity contribution in [1.82, 2.24) is 10.2 Å². The molecule has 3 unspecified atom stereocenters. The summed E-state index contributed by atoms with van der Waals surface area (Å²) in [5.74, 6) is -0.204. The summed E-state index contributed by atoms with van der Waals surface area (Å²) in [5, 5.41) is 3.36. The van der Waals surface area contributed by atoms with Gasteiger partial charge in [-0.15, -0.1) is 0 Å². The number of nitrogens with zero attached hydrogens (tertiary/aromatic N) is 1. The van der Waals surface area contributed by atoms with Crippen LogP contribution in [-0.4, -0.2) is 55.2 Å². The topological polar surface area (TPSA) is 67.6 Å². The summed E-state index contributed by atoms with van der Waals surface area (Å²) in [6.45, 7) is 8.91. The minimum absolute atomic E-state index is 0.204. The van der Waals surface area contributed by atoms with E-state index in [-0.39, 0.29) is 5.91 Å². The lowest BCUT2D eigenvalue weighted by atomic mass is 9.77. The molecule has 0 aliphatic heterocycles. The van der Waals surface area contributed by atoms with Crippen LogP contribution >= 0.6 is 0 Å². The fourth-order valence-electron chi connectivity index (χ4n) is 3.53. The molecule has 5 nitrogen and oxygen atoms in total. The number of carbonyl (C=O) groups excluding carboxylic acids is 1. The van der Waals surface area contributed by atoms with Crippen LogP contribution in [-0.2, 0) is 9.53 Å². The van der Waals surface area contributed by atoms with Gasteiger partial charge in [-0.05, 0) is 45.6 Å². The predicted octanol–water partition coefficient (Wildman–Crippen LogP) is 1.51. The number of hydrogen-bond acceptors (Lipinski definition) is 4. The van der Waals surface area contributed by atoms with Gasteiger partial charge in [-0.3, -0.25) is 9.69 Å². The Labute approximate surface area is 129 Å². The lowest BCUT2D eigenvalue weighted by Crippen LogP contribution is -2.61. The molecule has 0 radical (unpaired) electrons. The van der Waals surface area contributed by atoms with Crippen LogP contribution in [0.5, 0.6) is 0 Å². The largest absolute Gasteiger partial charge is 0.383 e. The highest BCUT2D eigenvalue weighted by Crippen LogP contribution is 2.32. The molecule has 0 aromatic carbocycles. The Bertz CT molecular complexity index is 321. The maximum absolute atomic E-state index is 12.0. The van der Waals surface area contributed by atoms with Gasteiger partial charge >= 0.3 is 0 Å². The van der Waals surface area contributed by atoms with E-state index in [0.29, 0.717) is 12.1 Å². The molecule has 3 atom stereocenters. The minimum Gasteiger partial charge on any atom is -0.383 e. The number of rotatable bonds is 9. The molecule has 1 saturated carbocycles. The fourth-order valence-corrected chi connectivity index (χ4v) is 3.53. The molecule has 3 N–H and O–H groups in total. The molecular formula is C16H33N3O2. The summed E-state index contributed by atoms with van der Waals surface area (Å²) >= 11 is 0. The molecular weight excluding hydrogens is 266 g/mol. The van der Waals surface area contributed by atoms with Crippen molar-refractivity contribution < 1.29 is 9.53 Å². The zero-order valence-corrected chi connectivity index (χ0v) is 14.2. The van der Waals surface area contributed by atoms with Crippen molar-refractivity contribution in [2.24, 2.45) is 5.73 Å². The molecule has 124 valence electrons. The third-order valence-corrected chi connectivity index (χ3v) is 4.89. The van der Waals surface area contributed by atoms with Crippen LogP contribution in [0.1, 0.15) is 52.9 Å². The van der Waals surface area contributed by atoms with Gasteiger partial charge in [0.1, 0.15) is 0 Å². The average molecular weight is 299 g/mol. The van der Waals surface area contributed by atoms with E-state index in [0.717, 1.165) is 51.8 Å². The SMILES string of the molecule is CCNC1(C(N)=O)CCCC(N(CCOC)C(C)CC)C1. The molecule has 1 fully saturated rings. The third-order valence-electron chi connectivity index (χ3n) is 4.89. The van der Waals surface area contributed by atoms with Gasteiger partial charge in [0.15, 0.2) is 0 Å². The molecule has 0 aromatic heterocycles. The van der Waals surface area contributed by atoms with E-state index < -0.39 is 5.54 Å². The zero-order chi connectivity index (χ0) is 15.9. The predicted molar refractivity (Wildman–Crippen MR) is 86.2 cm³/mol. The quantitative estimate of drug-likeness (QED) is 0.677. The van der Waals surface area contributed by atoms with Gasteiger partial charge in [0.05, 0.1) is 12.1 Å². The Balaban J connectivity index is 2.85. The van der Waals surface area contributed by atoms with E-state index in [2.05, 4.69) is 24.1 Å². The molecule has 0 heterocycles. The Kier molecular flexibility index (Phi) is 7.63. The van der Waals surface area contributed by atoms with Crippen LogP contribution in [0.2, 0.25) is 0 Å². The number of primary amides is 1. The standard InChI is InChI=1S/C16H33N3O2/c1-5-13(3)19(10-11-21-4)14-8-7-9-16(12-14,15(17)20)18-6-2/h13-14,18H,5-12H2,1-4H3,(H2,17,20). The number of likely N-dealkylation sites (N-methyl/N-ethyl adjacent to an activating group) is 1. The van der Waals surface area contributed by atoms with Gasteiger partial charge in [-0.2, -0.15) is 0 Å². The number of methoxy groups -OCH3 is 1. The first-order chi connectivity index (χ1) is 10.0. The number of nitrogens with one attached hydrogen (secondary N) is 1. The summed E-state index contributed by atoms with van der Waals surface area (Å²) in [5.41, 5.74) is 5.18. The van der Waals surface area contributed by atoms with Crippen molar-refractivity contribution in [2.75, 3.05) is 26.8 Å². The van der Waals surface area contributed by atoms with Gasteiger partial charge in [0, 0.05) is 25.7 Å². The number of carbonyl (C=O) groups is 1. The zero-order valence-electron chi connectivity index (χ0n) is 14.2. The van der Waals surface area contributed by atoms with Crippen molar-refractivity contribution in [1.29, 1.82) is 0 Å². The van der Waals surface area contributed by atoms with E-state index in [1.54, 1.807) is 7.11 Å². The molecule has 0 aromatic rings. The van der Waals surface area contributed by atoms with Crippen molar-refractivity contribution in [3.05, 3.63) is 0 Å². The van der Waals surface area contributed by atoms with Gasteiger partial charge in [0.2, 0.25) is 5.91 Å². The second-order valence-corrected chi connectivity index (χ2v) is 6.21. The van der Waals surface area contributed by atoms with Gasteiger partial charge in [0.25, 0.3) is 0 Å². The minimum atomic E-state index is -0.531. The highest BCUT2D eigenvalue weighted by molar-refractivity contribution is 5.84. The van der Waals surface area contributed by atoms with Crippen LogP contribution in [0, 0.1) is 0 Å². The van der Waals surface area contributed by atoms with Crippen LogP contribution in [0.4, 0.5) is 0 Å². The lowest BCUT2D eigenvalue weighted by molar-refractivity contribution is -0.127. The molecule has 0 spiro atoms. The Hall–Kier alpha value is -0.650. The van der Waals surface area contributed by atoms with E-state index in [4.69, 9.17) is 10.5 Å². The van der Waals surface area contributed by atoms with E-state index in [1.807, 2.05) is 6.92 Å². The first kappa shape index (κ1) is 18.4. The highest BCUT2D eigenvalue weighted by Gasteiger charge is 2.42. The van der Waals surface area contributed by atoms with Gasteiger partial charge in [-0.1, -0.05) is 13.8 Å². The average Bonchev–Trinajstić information content (AvgIpc) is 2.47. The van der Waals surface area contributed by atoms with Crippen molar-refractivity contribution in [3.63, 3.8) is 0 Å². The smallest absolute Gasteiger partial charge is 0.237 e. The summed E-state index contributed by atoms with van der Waals surface area (Å²) in [7, 11) is 1.74. The molecule has 0 saturated heterocycles. The van der Waals surface area contributed by atoms with Crippen LogP contribution in [0.25, 0.3) is 0 Å². The van der Waals surface area contributed by atoms with E-state index >= 15 is 0 Å². The maximum Gasteiger partial charge on any atom is 0.237 e. The van der Waals surface area contributed by atoms with E-state index in [1.165, 1.54) is 0 Å². The second kappa shape index (κ2) is 8.71. The van der Waals surface area contributed by atoms with Crippen LogP contribution in [0.15, 0.2) is 0 Å². The van der Waals surface area contributed by atoms with Gasteiger partial charge < -0.3 is 15.8 Å². The molecule has 1 aliphatic carbocycles. The fraction of sp³-hybridized carbons (Fsp3) is 0.938. The third kappa shape index (κ3) is 4.66. The Morgan fingerprint density at radius 1 is 1.52 bits per heavy atom. The first-order valence-electron chi connectivity index (χ1n) is 8.30. The number of hydrogen-bond donors (Lipinski definition) is 2. The highest BCUT2D eigenvalue weighted by atomic mass is 16.5.